The van der Waals surface area contributed by atoms with Crippen LogP contribution in [0.15, 0.2) is 12.4 Å². The standard InChI is InChI=1S/C11H15F3N4.ClH/c1-15-9-2-4-18(5-3-9)10-16-6-8(7-17-10)11(12,13)14;/h6-7,9,15H,2-5H2,1H3;1H. The van der Waals surface area contributed by atoms with Crippen molar-refractivity contribution in [2.75, 3.05) is 25.0 Å². The number of nitrogens with zero attached hydrogens (tertiary/aromatic N) is 3. The number of alkyl halides is 3. The maximum atomic E-state index is 12.4. The maximum Gasteiger partial charge on any atom is 0.419 e. The smallest absolute Gasteiger partial charge is 0.341 e. The first-order valence-electron chi connectivity index (χ1n) is 5.82. The van der Waals surface area contributed by atoms with Gasteiger partial charge in [0.05, 0.1) is 5.56 Å². The van der Waals surface area contributed by atoms with Gasteiger partial charge in [0.2, 0.25) is 5.95 Å². The molecule has 0 radical (unpaired) electrons. The molecule has 1 fully saturated rings. The normalized spacial score (nSPS) is 17.2. The van der Waals surface area contributed by atoms with E-state index < -0.39 is 11.7 Å². The van der Waals surface area contributed by atoms with Crippen LogP contribution in [0.25, 0.3) is 0 Å². The number of halogens is 4. The van der Waals surface area contributed by atoms with Crippen LogP contribution in [0.4, 0.5) is 19.1 Å². The minimum absolute atomic E-state index is 0. The van der Waals surface area contributed by atoms with Crippen molar-refractivity contribution in [2.45, 2.75) is 25.1 Å². The van der Waals surface area contributed by atoms with E-state index in [0.717, 1.165) is 38.3 Å². The van der Waals surface area contributed by atoms with Gasteiger partial charge >= 0.3 is 6.18 Å². The summed E-state index contributed by atoms with van der Waals surface area (Å²) >= 11 is 0. The third-order valence-electron chi connectivity index (χ3n) is 3.15. The zero-order chi connectivity index (χ0) is 13.2. The second-order valence-corrected chi connectivity index (χ2v) is 4.32. The van der Waals surface area contributed by atoms with Crippen LogP contribution in [0.2, 0.25) is 0 Å². The summed E-state index contributed by atoms with van der Waals surface area (Å²) in [5.41, 5.74) is -0.809. The van der Waals surface area contributed by atoms with Crippen molar-refractivity contribution in [2.24, 2.45) is 0 Å². The minimum atomic E-state index is -4.38. The van der Waals surface area contributed by atoms with Crippen molar-refractivity contribution in [1.82, 2.24) is 15.3 Å². The Kier molecular flexibility index (Phi) is 5.37. The monoisotopic (exact) mass is 296 g/mol. The van der Waals surface area contributed by atoms with Crippen LogP contribution in [0, 0.1) is 0 Å². The lowest BCUT2D eigenvalue weighted by atomic mass is 10.1. The molecule has 1 N–H and O–H groups in total. The Morgan fingerprint density at radius 1 is 1.21 bits per heavy atom. The van der Waals surface area contributed by atoms with E-state index in [1.54, 1.807) is 0 Å². The quantitative estimate of drug-likeness (QED) is 0.907. The van der Waals surface area contributed by atoms with Crippen LogP contribution in [-0.4, -0.2) is 36.1 Å². The predicted molar refractivity (Wildman–Crippen MR) is 68.6 cm³/mol. The van der Waals surface area contributed by atoms with Gasteiger partial charge in [-0.25, -0.2) is 9.97 Å². The lowest BCUT2D eigenvalue weighted by Crippen LogP contribution is -2.41. The lowest BCUT2D eigenvalue weighted by Gasteiger charge is -2.31. The van der Waals surface area contributed by atoms with Gasteiger partial charge in [-0.2, -0.15) is 13.2 Å². The van der Waals surface area contributed by atoms with Crippen molar-refractivity contribution < 1.29 is 13.2 Å². The van der Waals surface area contributed by atoms with Gasteiger partial charge < -0.3 is 10.2 Å². The first kappa shape index (κ1) is 16.0. The Hall–Kier alpha value is -1.08. The fraction of sp³-hybridized carbons (Fsp3) is 0.636. The van der Waals surface area contributed by atoms with E-state index in [9.17, 15) is 13.2 Å². The van der Waals surface area contributed by atoms with E-state index in [1.807, 2.05) is 11.9 Å². The van der Waals surface area contributed by atoms with Crippen LogP contribution in [-0.2, 0) is 6.18 Å². The average molecular weight is 297 g/mol. The molecular weight excluding hydrogens is 281 g/mol. The number of nitrogens with one attached hydrogen (secondary N) is 1. The fourth-order valence-corrected chi connectivity index (χ4v) is 2.00. The van der Waals surface area contributed by atoms with Gasteiger partial charge in [-0.15, -0.1) is 12.4 Å². The van der Waals surface area contributed by atoms with E-state index in [1.165, 1.54) is 0 Å². The second kappa shape index (κ2) is 6.38. The van der Waals surface area contributed by atoms with Gasteiger partial charge in [-0.1, -0.05) is 0 Å². The highest BCUT2D eigenvalue weighted by Gasteiger charge is 2.31. The van der Waals surface area contributed by atoms with Crippen LogP contribution < -0.4 is 10.2 Å². The minimum Gasteiger partial charge on any atom is -0.341 e. The Bertz CT molecular complexity index is 388. The fourth-order valence-electron chi connectivity index (χ4n) is 2.00. The molecule has 0 bridgehead atoms. The van der Waals surface area contributed by atoms with Crippen LogP contribution in [0.3, 0.4) is 0 Å². The first-order chi connectivity index (χ1) is 8.50. The Labute approximate surface area is 115 Å². The highest BCUT2D eigenvalue weighted by atomic mass is 35.5. The summed E-state index contributed by atoms with van der Waals surface area (Å²) in [5, 5.41) is 3.19. The maximum absolute atomic E-state index is 12.4. The number of rotatable bonds is 2. The molecule has 8 heteroatoms. The van der Waals surface area contributed by atoms with Crippen molar-refractivity contribution in [3.63, 3.8) is 0 Å². The van der Waals surface area contributed by atoms with Crippen molar-refractivity contribution in [3.8, 4) is 0 Å². The van der Waals surface area contributed by atoms with Crippen LogP contribution in [0.5, 0.6) is 0 Å². The molecule has 0 unspecified atom stereocenters. The molecule has 0 amide bonds. The topological polar surface area (TPSA) is 41.0 Å². The van der Waals surface area contributed by atoms with Gasteiger partial charge in [-0.05, 0) is 19.9 Å². The molecule has 1 aromatic rings. The van der Waals surface area contributed by atoms with Gasteiger partial charge in [0, 0.05) is 31.5 Å². The number of anilines is 1. The Balaban J connectivity index is 0.00000180. The Morgan fingerprint density at radius 2 is 1.74 bits per heavy atom. The zero-order valence-corrected chi connectivity index (χ0v) is 11.3. The molecule has 1 saturated heterocycles. The predicted octanol–water partition coefficient (Wildman–Crippen LogP) is 2.11. The summed E-state index contributed by atoms with van der Waals surface area (Å²) in [6, 6.07) is 0.468. The molecule has 1 aliphatic heterocycles. The first-order valence-corrected chi connectivity index (χ1v) is 5.82. The third kappa shape index (κ3) is 3.94. The number of hydrogen-bond acceptors (Lipinski definition) is 4. The Morgan fingerprint density at radius 3 is 2.16 bits per heavy atom. The molecule has 2 heterocycles. The lowest BCUT2D eigenvalue weighted by molar-refractivity contribution is -0.138. The number of piperidine rings is 1. The summed E-state index contributed by atoms with van der Waals surface area (Å²) in [6.07, 6.45) is -0.807. The van der Waals surface area contributed by atoms with Crippen molar-refractivity contribution in [3.05, 3.63) is 18.0 Å². The summed E-state index contributed by atoms with van der Waals surface area (Å²) in [4.78, 5) is 9.50. The van der Waals surface area contributed by atoms with Gasteiger partial charge in [0.1, 0.15) is 0 Å². The molecule has 0 spiro atoms. The molecule has 2 rings (SSSR count). The molecule has 0 atom stereocenters. The summed E-state index contributed by atoms with van der Waals surface area (Å²) in [6.45, 7) is 1.52. The van der Waals surface area contributed by atoms with Crippen LogP contribution >= 0.6 is 12.4 Å². The second-order valence-electron chi connectivity index (χ2n) is 4.32. The molecule has 1 aliphatic rings. The molecule has 0 saturated carbocycles. The van der Waals surface area contributed by atoms with Gasteiger partial charge in [0.25, 0.3) is 0 Å². The number of hydrogen-bond donors (Lipinski definition) is 1. The molecular formula is C11H16ClF3N4. The van der Waals surface area contributed by atoms with Crippen molar-refractivity contribution >= 4 is 18.4 Å². The van der Waals surface area contributed by atoms with E-state index >= 15 is 0 Å². The molecule has 19 heavy (non-hydrogen) atoms. The number of aromatic nitrogens is 2. The highest BCUT2D eigenvalue weighted by molar-refractivity contribution is 5.85. The van der Waals surface area contributed by atoms with Crippen LogP contribution in [0.1, 0.15) is 18.4 Å². The molecule has 1 aromatic heterocycles. The average Bonchev–Trinajstić information content (AvgIpc) is 2.38. The summed E-state index contributed by atoms with van der Waals surface area (Å²) < 4.78 is 37.1. The highest BCUT2D eigenvalue weighted by Crippen LogP contribution is 2.28. The van der Waals surface area contributed by atoms with E-state index in [4.69, 9.17) is 0 Å². The van der Waals surface area contributed by atoms with E-state index in [0.29, 0.717) is 12.0 Å². The van der Waals surface area contributed by atoms with E-state index in [2.05, 4.69) is 15.3 Å². The van der Waals surface area contributed by atoms with Gasteiger partial charge in [-0.3, -0.25) is 0 Å². The molecule has 108 valence electrons. The van der Waals surface area contributed by atoms with Gasteiger partial charge in [0.15, 0.2) is 0 Å². The summed E-state index contributed by atoms with van der Waals surface area (Å²) in [5.74, 6) is 0.373. The SMILES string of the molecule is CNC1CCN(c2ncc(C(F)(F)F)cn2)CC1.Cl. The van der Waals surface area contributed by atoms with Crippen molar-refractivity contribution in [1.29, 1.82) is 0 Å². The zero-order valence-electron chi connectivity index (χ0n) is 10.4. The van der Waals surface area contributed by atoms with E-state index in [-0.39, 0.29) is 12.4 Å². The third-order valence-corrected chi connectivity index (χ3v) is 3.15. The molecule has 4 nitrogen and oxygen atoms in total. The largest absolute Gasteiger partial charge is 0.419 e. The summed E-state index contributed by atoms with van der Waals surface area (Å²) in [7, 11) is 1.91. The molecule has 0 aliphatic carbocycles. The molecule has 0 aromatic carbocycles.